The van der Waals surface area contributed by atoms with Crippen molar-refractivity contribution in [3.63, 3.8) is 0 Å². The first-order valence-corrected chi connectivity index (χ1v) is 5.43. The van der Waals surface area contributed by atoms with Crippen molar-refractivity contribution >= 4 is 17.5 Å². The van der Waals surface area contributed by atoms with Crippen LogP contribution in [0.15, 0.2) is 6.07 Å². The van der Waals surface area contributed by atoms with Crippen LogP contribution in [0, 0.1) is 0 Å². The maximum Gasteiger partial charge on any atom is 0.451 e. The van der Waals surface area contributed by atoms with Crippen LogP contribution in [-0.4, -0.2) is 36.0 Å². The molecule has 19 heavy (non-hydrogen) atoms. The first kappa shape index (κ1) is 15.0. The molecule has 0 aromatic carbocycles. The Labute approximate surface area is 107 Å². The molecule has 0 aliphatic carbocycles. The molecule has 1 aromatic heterocycles. The van der Waals surface area contributed by atoms with Gasteiger partial charge in [-0.3, -0.25) is 4.79 Å². The van der Waals surface area contributed by atoms with Gasteiger partial charge in [0, 0.05) is 19.7 Å². The highest BCUT2D eigenvalue weighted by Gasteiger charge is 2.35. The van der Waals surface area contributed by atoms with Gasteiger partial charge in [-0.2, -0.15) is 13.2 Å². The number of halogens is 3. The highest BCUT2D eigenvalue weighted by Crippen LogP contribution is 2.28. The Balaban J connectivity index is 2.94. The number of amides is 1. The molecule has 0 spiro atoms. The predicted molar refractivity (Wildman–Crippen MR) is 63.4 cm³/mol. The van der Waals surface area contributed by atoms with Crippen molar-refractivity contribution in [1.29, 1.82) is 0 Å². The molecule has 0 unspecified atom stereocenters. The van der Waals surface area contributed by atoms with E-state index in [2.05, 4.69) is 15.3 Å². The maximum atomic E-state index is 12.5. The lowest BCUT2D eigenvalue weighted by Crippen LogP contribution is -2.35. The van der Waals surface area contributed by atoms with Gasteiger partial charge < -0.3 is 16.0 Å². The zero-order chi connectivity index (χ0) is 14.6. The molecule has 1 rings (SSSR count). The van der Waals surface area contributed by atoms with Crippen molar-refractivity contribution in [2.75, 3.05) is 30.8 Å². The monoisotopic (exact) mass is 277 g/mol. The Morgan fingerprint density at radius 3 is 2.63 bits per heavy atom. The maximum absolute atomic E-state index is 12.5. The van der Waals surface area contributed by atoms with E-state index in [1.54, 1.807) is 6.92 Å². The molecular weight excluding hydrogens is 263 g/mol. The molecule has 0 radical (unpaired) electrons. The number of carbonyl (C=O) groups is 1. The van der Waals surface area contributed by atoms with E-state index in [0.717, 1.165) is 0 Å². The first-order valence-electron chi connectivity index (χ1n) is 5.43. The minimum atomic E-state index is -4.68. The summed E-state index contributed by atoms with van der Waals surface area (Å²) in [6.45, 7) is 2.05. The van der Waals surface area contributed by atoms with Crippen molar-refractivity contribution in [2.45, 2.75) is 13.1 Å². The second-order valence-electron chi connectivity index (χ2n) is 3.78. The quantitative estimate of drug-likeness (QED) is 0.844. The summed E-state index contributed by atoms with van der Waals surface area (Å²) in [5, 5.41) is 2.53. The van der Waals surface area contributed by atoms with E-state index in [-0.39, 0.29) is 24.1 Å². The van der Waals surface area contributed by atoms with E-state index in [1.807, 2.05) is 0 Å². The lowest BCUT2D eigenvalue weighted by atomic mass is 10.4. The standard InChI is InChI=1S/C10H14F3N5O/c1-3-15-8(19)5-18(2)7-4-6(14)16-9(17-7)10(11,12)13/h4H,3,5H2,1-2H3,(H,15,19)(H2,14,16,17). The van der Waals surface area contributed by atoms with E-state index in [1.165, 1.54) is 18.0 Å². The van der Waals surface area contributed by atoms with Gasteiger partial charge in [0.15, 0.2) is 0 Å². The third-order valence-electron chi connectivity index (χ3n) is 2.13. The molecule has 0 atom stereocenters. The number of likely N-dealkylation sites (N-methyl/N-ethyl adjacent to an activating group) is 2. The van der Waals surface area contributed by atoms with Crippen molar-refractivity contribution < 1.29 is 18.0 Å². The molecule has 0 bridgehead atoms. The topological polar surface area (TPSA) is 84.1 Å². The van der Waals surface area contributed by atoms with Gasteiger partial charge in [-0.05, 0) is 6.92 Å². The third-order valence-corrected chi connectivity index (χ3v) is 2.13. The number of hydrogen-bond donors (Lipinski definition) is 2. The number of nitrogens with one attached hydrogen (secondary N) is 1. The van der Waals surface area contributed by atoms with Crippen molar-refractivity contribution in [2.24, 2.45) is 0 Å². The minimum absolute atomic E-state index is 0.0638. The van der Waals surface area contributed by atoms with E-state index in [0.29, 0.717) is 6.54 Å². The summed E-state index contributed by atoms with van der Waals surface area (Å²) in [6, 6.07) is 1.18. The fourth-order valence-electron chi connectivity index (χ4n) is 1.32. The van der Waals surface area contributed by atoms with Crippen LogP contribution in [-0.2, 0) is 11.0 Å². The number of rotatable bonds is 4. The van der Waals surface area contributed by atoms with Gasteiger partial charge in [-0.25, -0.2) is 9.97 Å². The van der Waals surface area contributed by atoms with Crippen molar-refractivity contribution in [1.82, 2.24) is 15.3 Å². The number of nitrogens with zero attached hydrogens (tertiary/aromatic N) is 3. The number of carbonyl (C=O) groups excluding carboxylic acids is 1. The van der Waals surface area contributed by atoms with Gasteiger partial charge in [-0.15, -0.1) is 0 Å². The molecule has 106 valence electrons. The molecule has 0 aliphatic rings. The number of aromatic nitrogens is 2. The Kier molecular flexibility index (Phi) is 4.52. The second kappa shape index (κ2) is 5.72. The third kappa shape index (κ3) is 4.27. The lowest BCUT2D eigenvalue weighted by molar-refractivity contribution is -0.144. The molecule has 6 nitrogen and oxygen atoms in total. The summed E-state index contributed by atoms with van der Waals surface area (Å²) < 4.78 is 37.5. The van der Waals surface area contributed by atoms with Crippen LogP contribution < -0.4 is 16.0 Å². The number of anilines is 2. The van der Waals surface area contributed by atoms with Crippen LogP contribution in [0.1, 0.15) is 12.7 Å². The highest BCUT2D eigenvalue weighted by molar-refractivity contribution is 5.80. The Bertz CT molecular complexity index is 463. The van der Waals surface area contributed by atoms with Gasteiger partial charge in [-0.1, -0.05) is 0 Å². The highest BCUT2D eigenvalue weighted by atomic mass is 19.4. The van der Waals surface area contributed by atoms with Crippen LogP contribution in [0.2, 0.25) is 0 Å². The van der Waals surface area contributed by atoms with Crippen molar-refractivity contribution in [3.8, 4) is 0 Å². The summed E-state index contributed by atoms with van der Waals surface area (Å²) in [5.74, 6) is -2.02. The zero-order valence-corrected chi connectivity index (χ0v) is 10.5. The first-order chi connectivity index (χ1) is 8.74. The zero-order valence-electron chi connectivity index (χ0n) is 10.5. The molecular formula is C10H14F3N5O. The lowest BCUT2D eigenvalue weighted by Gasteiger charge is -2.18. The van der Waals surface area contributed by atoms with Crippen LogP contribution in [0.5, 0.6) is 0 Å². The Morgan fingerprint density at radius 1 is 1.47 bits per heavy atom. The number of nitrogen functional groups attached to an aromatic ring is 1. The SMILES string of the molecule is CCNC(=O)CN(C)c1cc(N)nc(C(F)(F)F)n1. The largest absolute Gasteiger partial charge is 0.451 e. The van der Waals surface area contributed by atoms with Crippen LogP contribution in [0.3, 0.4) is 0 Å². The van der Waals surface area contributed by atoms with Gasteiger partial charge in [0.1, 0.15) is 11.6 Å². The number of nitrogens with two attached hydrogens (primary N) is 1. The van der Waals surface area contributed by atoms with Crippen LogP contribution in [0.25, 0.3) is 0 Å². The van der Waals surface area contributed by atoms with Crippen molar-refractivity contribution in [3.05, 3.63) is 11.9 Å². The molecule has 1 heterocycles. The van der Waals surface area contributed by atoms with E-state index >= 15 is 0 Å². The molecule has 0 aliphatic heterocycles. The Morgan fingerprint density at radius 2 is 2.11 bits per heavy atom. The fourth-order valence-corrected chi connectivity index (χ4v) is 1.32. The molecule has 1 amide bonds. The number of alkyl halides is 3. The molecule has 0 saturated carbocycles. The average Bonchev–Trinajstić information content (AvgIpc) is 2.27. The van der Waals surface area contributed by atoms with E-state index in [9.17, 15) is 18.0 Å². The average molecular weight is 277 g/mol. The summed E-state index contributed by atoms with van der Waals surface area (Å²) in [5.41, 5.74) is 5.31. The molecule has 9 heteroatoms. The van der Waals surface area contributed by atoms with Gasteiger partial charge in [0.25, 0.3) is 0 Å². The minimum Gasteiger partial charge on any atom is -0.384 e. The van der Waals surface area contributed by atoms with Crippen LogP contribution >= 0.6 is 0 Å². The van der Waals surface area contributed by atoms with E-state index in [4.69, 9.17) is 5.73 Å². The van der Waals surface area contributed by atoms with Gasteiger partial charge in [0.2, 0.25) is 11.7 Å². The van der Waals surface area contributed by atoms with Crippen LogP contribution in [0.4, 0.5) is 24.8 Å². The summed E-state index contributed by atoms with van der Waals surface area (Å²) in [6.07, 6.45) is -4.68. The van der Waals surface area contributed by atoms with Gasteiger partial charge in [0.05, 0.1) is 6.54 Å². The second-order valence-corrected chi connectivity index (χ2v) is 3.78. The summed E-state index contributed by atoms with van der Waals surface area (Å²) >= 11 is 0. The smallest absolute Gasteiger partial charge is 0.384 e. The van der Waals surface area contributed by atoms with Gasteiger partial charge >= 0.3 is 6.18 Å². The normalized spacial score (nSPS) is 11.2. The molecule has 0 fully saturated rings. The van der Waals surface area contributed by atoms with E-state index < -0.39 is 12.0 Å². The summed E-state index contributed by atoms with van der Waals surface area (Å²) in [4.78, 5) is 19.1. The Hall–Kier alpha value is -2.06. The summed E-state index contributed by atoms with van der Waals surface area (Å²) in [7, 11) is 1.44. The predicted octanol–water partition coefficient (Wildman–Crippen LogP) is 0.650. The molecule has 0 saturated heterocycles. The molecule has 1 aromatic rings. The molecule has 3 N–H and O–H groups in total. The fraction of sp³-hybridized carbons (Fsp3) is 0.500. The number of hydrogen-bond acceptors (Lipinski definition) is 5.